The van der Waals surface area contributed by atoms with Crippen molar-refractivity contribution in [1.82, 2.24) is 4.98 Å². The number of hydrogen-bond acceptors (Lipinski definition) is 5. The zero-order valence-corrected chi connectivity index (χ0v) is 16.2. The molecular formula is C22H21N3O4. The second-order valence-corrected chi connectivity index (χ2v) is 6.36. The van der Waals surface area contributed by atoms with Gasteiger partial charge in [0.25, 0.3) is 0 Å². The number of amides is 2. The van der Waals surface area contributed by atoms with Crippen molar-refractivity contribution in [1.29, 1.82) is 0 Å². The van der Waals surface area contributed by atoms with Gasteiger partial charge in [-0.05, 0) is 24.3 Å². The topological polar surface area (TPSA) is 88.6 Å². The third kappa shape index (κ3) is 4.57. The lowest BCUT2D eigenvalue weighted by Crippen LogP contribution is -2.32. The molecule has 2 aromatic carbocycles. The molecular weight excluding hydrogens is 370 g/mol. The Labute approximate surface area is 168 Å². The molecule has 1 N–H and O–H groups in total. The van der Waals surface area contributed by atoms with E-state index < -0.39 is 5.97 Å². The van der Waals surface area contributed by atoms with Crippen LogP contribution in [0.5, 0.6) is 0 Å². The number of anilines is 2. The minimum atomic E-state index is -0.534. The lowest BCUT2D eigenvalue weighted by Gasteiger charge is -2.22. The second kappa shape index (κ2) is 8.97. The summed E-state index contributed by atoms with van der Waals surface area (Å²) in [6.07, 6.45) is 1.72. The Morgan fingerprint density at radius 3 is 2.55 bits per heavy atom. The molecule has 0 atom stereocenters. The average molecular weight is 391 g/mol. The van der Waals surface area contributed by atoms with Crippen LogP contribution < -0.4 is 10.2 Å². The molecule has 0 spiro atoms. The molecule has 0 aliphatic rings. The van der Waals surface area contributed by atoms with Crippen LogP contribution in [0.15, 0.2) is 60.8 Å². The summed E-state index contributed by atoms with van der Waals surface area (Å²) in [5.74, 6) is -1.04. The van der Waals surface area contributed by atoms with Crippen molar-refractivity contribution < 1.29 is 19.1 Å². The fourth-order valence-corrected chi connectivity index (χ4v) is 3.06. The molecule has 1 heterocycles. The van der Waals surface area contributed by atoms with Gasteiger partial charge in [-0.3, -0.25) is 14.6 Å². The van der Waals surface area contributed by atoms with Gasteiger partial charge in [0.2, 0.25) is 11.8 Å². The van der Waals surface area contributed by atoms with Crippen LogP contribution in [0.2, 0.25) is 0 Å². The molecule has 0 aliphatic carbocycles. The fourth-order valence-electron chi connectivity index (χ4n) is 3.06. The van der Waals surface area contributed by atoms with Crippen molar-refractivity contribution in [2.45, 2.75) is 13.3 Å². The number of carbonyl (C=O) groups excluding carboxylic acids is 3. The van der Waals surface area contributed by atoms with E-state index in [4.69, 9.17) is 4.74 Å². The van der Waals surface area contributed by atoms with Crippen molar-refractivity contribution in [2.24, 2.45) is 0 Å². The summed E-state index contributed by atoms with van der Waals surface area (Å²) in [6.45, 7) is 1.63. The summed E-state index contributed by atoms with van der Waals surface area (Å²) in [6, 6.07) is 15.9. The summed E-state index contributed by atoms with van der Waals surface area (Å²) in [5.41, 5.74) is 1.98. The normalized spacial score (nSPS) is 10.4. The molecule has 0 saturated heterocycles. The Morgan fingerprint density at radius 2 is 1.79 bits per heavy atom. The highest BCUT2D eigenvalue weighted by molar-refractivity contribution is 6.03. The van der Waals surface area contributed by atoms with Gasteiger partial charge in [-0.15, -0.1) is 0 Å². The van der Waals surface area contributed by atoms with Crippen molar-refractivity contribution in [2.75, 3.05) is 23.9 Å². The first-order chi connectivity index (χ1) is 14.0. The van der Waals surface area contributed by atoms with E-state index >= 15 is 0 Å². The number of pyridine rings is 1. The SMILES string of the molecule is COC(=O)c1ccccc1NC(=O)CCN(C(C)=O)c1cccc2cccnc12. The average Bonchev–Trinajstić information content (AvgIpc) is 2.73. The molecule has 0 radical (unpaired) electrons. The molecule has 0 bridgehead atoms. The smallest absolute Gasteiger partial charge is 0.339 e. The number of hydrogen-bond donors (Lipinski definition) is 1. The number of esters is 1. The summed E-state index contributed by atoms with van der Waals surface area (Å²) >= 11 is 0. The van der Waals surface area contributed by atoms with Gasteiger partial charge in [0, 0.05) is 31.5 Å². The molecule has 148 valence electrons. The Balaban J connectivity index is 1.76. The van der Waals surface area contributed by atoms with Gasteiger partial charge in [-0.1, -0.05) is 30.3 Å². The Kier molecular flexibility index (Phi) is 6.19. The Bertz CT molecular complexity index is 1060. The number of rotatable bonds is 6. The van der Waals surface area contributed by atoms with E-state index in [9.17, 15) is 14.4 Å². The zero-order chi connectivity index (χ0) is 20.8. The standard InChI is InChI=1S/C22H21N3O4/c1-15(26)25(19-11-5-7-16-8-6-13-23-21(16)19)14-12-20(27)24-18-10-4-3-9-17(18)22(28)29-2/h3-11,13H,12,14H2,1-2H3,(H,24,27). The molecule has 3 rings (SSSR count). The predicted octanol–water partition coefficient (Wildman–Crippen LogP) is 3.40. The number of ether oxygens (including phenoxy) is 1. The molecule has 29 heavy (non-hydrogen) atoms. The maximum atomic E-state index is 12.5. The number of benzene rings is 2. The van der Waals surface area contributed by atoms with Crippen LogP contribution in [0.3, 0.4) is 0 Å². The van der Waals surface area contributed by atoms with Crippen molar-refractivity contribution in [3.05, 3.63) is 66.4 Å². The van der Waals surface area contributed by atoms with Crippen molar-refractivity contribution >= 4 is 40.1 Å². The lowest BCUT2D eigenvalue weighted by molar-refractivity contribution is -0.117. The van der Waals surface area contributed by atoms with Gasteiger partial charge in [0.05, 0.1) is 29.6 Å². The van der Waals surface area contributed by atoms with E-state index in [1.54, 1.807) is 36.5 Å². The van der Waals surface area contributed by atoms with Crippen molar-refractivity contribution in [3.63, 3.8) is 0 Å². The minimum Gasteiger partial charge on any atom is -0.465 e. The van der Waals surface area contributed by atoms with Crippen LogP contribution in [0.1, 0.15) is 23.7 Å². The maximum absolute atomic E-state index is 12.5. The molecule has 0 aliphatic heterocycles. The van der Waals surface area contributed by atoms with Crippen LogP contribution in [0.4, 0.5) is 11.4 Å². The molecule has 0 saturated carbocycles. The van der Waals surface area contributed by atoms with Gasteiger partial charge < -0.3 is 15.0 Å². The largest absolute Gasteiger partial charge is 0.465 e. The van der Waals surface area contributed by atoms with Gasteiger partial charge in [0.1, 0.15) is 0 Å². The third-order valence-electron chi connectivity index (χ3n) is 4.45. The van der Waals surface area contributed by atoms with E-state index in [1.165, 1.54) is 18.9 Å². The third-order valence-corrected chi connectivity index (χ3v) is 4.45. The zero-order valence-electron chi connectivity index (χ0n) is 16.2. The van der Waals surface area contributed by atoms with Crippen LogP contribution in [0.25, 0.3) is 10.9 Å². The number of aromatic nitrogens is 1. The number of nitrogens with one attached hydrogen (secondary N) is 1. The van der Waals surface area contributed by atoms with E-state index in [2.05, 4.69) is 10.3 Å². The van der Waals surface area contributed by atoms with Crippen LogP contribution in [0, 0.1) is 0 Å². The Morgan fingerprint density at radius 1 is 1.03 bits per heavy atom. The van der Waals surface area contributed by atoms with Crippen LogP contribution >= 0.6 is 0 Å². The minimum absolute atomic E-state index is 0.0539. The predicted molar refractivity (Wildman–Crippen MR) is 111 cm³/mol. The highest BCUT2D eigenvalue weighted by Crippen LogP contribution is 2.25. The first kappa shape index (κ1) is 20.0. The monoisotopic (exact) mass is 391 g/mol. The molecule has 7 nitrogen and oxygen atoms in total. The van der Waals surface area contributed by atoms with E-state index in [1.807, 2.05) is 24.3 Å². The van der Waals surface area contributed by atoms with Gasteiger partial charge >= 0.3 is 5.97 Å². The lowest BCUT2D eigenvalue weighted by atomic mass is 10.1. The molecule has 7 heteroatoms. The highest BCUT2D eigenvalue weighted by Gasteiger charge is 2.18. The number of nitrogens with zero attached hydrogens (tertiary/aromatic N) is 2. The summed E-state index contributed by atoms with van der Waals surface area (Å²) in [7, 11) is 1.28. The molecule has 2 amide bonds. The quantitative estimate of drug-likeness (QED) is 0.651. The summed E-state index contributed by atoms with van der Waals surface area (Å²) < 4.78 is 4.74. The van der Waals surface area contributed by atoms with Crippen molar-refractivity contribution in [3.8, 4) is 0 Å². The number of fused-ring (bicyclic) bond motifs is 1. The van der Waals surface area contributed by atoms with E-state index in [0.29, 0.717) is 16.9 Å². The van der Waals surface area contributed by atoms with E-state index in [-0.39, 0.29) is 30.3 Å². The van der Waals surface area contributed by atoms with E-state index in [0.717, 1.165) is 5.39 Å². The first-order valence-corrected chi connectivity index (χ1v) is 9.10. The number of methoxy groups -OCH3 is 1. The maximum Gasteiger partial charge on any atom is 0.339 e. The first-order valence-electron chi connectivity index (χ1n) is 9.10. The number of carbonyl (C=O) groups is 3. The molecule has 0 unspecified atom stereocenters. The Hall–Kier alpha value is -3.74. The summed E-state index contributed by atoms with van der Waals surface area (Å²) in [5, 5.41) is 3.63. The second-order valence-electron chi connectivity index (χ2n) is 6.36. The van der Waals surface area contributed by atoms with Gasteiger partial charge in [-0.25, -0.2) is 4.79 Å². The molecule has 0 fully saturated rings. The number of para-hydroxylation sites is 2. The molecule has 3 aromatic rings. The summed E-state index contributed by atoms with van der Waals surface area (Å²) in [4.78, 5) is 42.5. The fraction of sp³-hybridized carbons (Fsp3) is 0.182. The van der Waals surface area contributed by atoms with Crippen LogP contribution in [-0.4, -0.2) is 36.4 Å². The van der Waals surface area contributed by atoms with Gasteiger partial charge in [-0.2, -0.15) is 0 Å². The molecule has 1 aromatic heterocycles. The highest BCUT2D eigenvalue weighted by atomic mass is 16.5. The van der Waals surface area contributed by atoms with Crippen LogP contribution in [-0.2, 0) is 14.3 Å². The van der Waals surface area contributed by atoms with Gasteiger partial charge in [0.15, 0.2) is 0 Å².